The van der Waals surface area contributed by atoms with Gasteiger partial charge in [0.05, 0.1) is 36.4 Å². The van der Waals surface area contributed by atoms with Crippen LogP contribution in [0.25, 0.3) is 55.7 Å². The lowest BCUT2D eigenvalue weighted by molar-refractivity contribution is 0.162. The molecule has 200 valence electrons. The fourth-order valence-electron chi connectivity index (χ4n) is 5.25. The van der Waals surface area contributed by atoms with E-state index in [0.29, 0.717) is 17.0 Å². The minimum atomic E-state index is -0.367. The van der Waals surface area contributed by atoms with Crippen LogP contribution in [0.1, 0.15) is 12.8 Å². The number of pyridine rings is 3. The first-order valence-electron chi connectivity index (χ1n) is 13.1. The van der Waals surface area contributed by atoms with Gasteiger partial charge in [-0.3, -0.25) is 15.1 Å². The number of aromatic nitrogens is 6. The highest BCUT2D eigenvalue weighted by molar-refractivity contribution is 6.00. The van der Waals surface area contributed by atoms with Crippen molar-refractivity contribution in [1.29, 1.82) is 0 Å². The van der Waals surface area contributed by atoms with Crippen LogP contribution in [0, 0.1) is 5.82 Å². The molecule has 0 spiro atoms. The maximum Gasteiger partial charge on any atom is 0.138 e. The Balaban J connectivity index is 1.26. The first-order valence-corrected chi connectivity index (χ1v) is 13.1. The quantitative estimate of drug-likeness (QED) is 0.258. The fraction of sp³-hybridized carbons (Fsp3) is 0.200. The number of piperidine rings is 1. The predicted molar refractivity (Wildman–Crippen MR) is 151 cm³/mol. The highest BCUT2D eigenvalue weighted by atomic mass is 19.1. The van der Waals surface area contributed by atoms with Gasteiger partial charge in [0.2, 0.25) is 0 Å². The molecule has 0 amide bonds. The largest absolute Gasteiger partial charge is 0.497 e. The van der Waals surface area contributed by atoms with E-state index in [2.05, 4.69) is 35.5 Å². The van der Waals surface area contributed by atoms with E-state index >= 15 is 0 Å². The van der Waals surface area contributed by atoms with Crippen LogP contribution >= 0.6 is 0 Å². The zero-order chi connectivity index (χ0) is 27.1. The maximum absolute atomic E-state index is 14.3. The number of hydrogen-bond donors (Lipinski definition) is 3. The van der Waals surface area contributed by atoms with Crippen LogP contribution in [0.2, 0.25) is 0 Å². The molecule has 0 aliphatic carbocycles. The second-order valence-corrected chi connectivity index (χ2v) is 9.85. The zero-order valence-electron chi connectivity index (χ0n) is 21.7. The van der Waals surface area contributed by atoms with Crippen LogP contribution in [0.4, 0.5) is 4.39 Å². The third-order valence-corrected chi connectivity index (χ3v) is 7.25. The Bertz CT molecular complexity index is 1840. The number of fused-ring (bicyclic) bond motifs is 2. The molecule has 10 heteroatoms. The third-order valence-electron chi connectivity index (χ3n) is 7.25. The van der Waals surface area contributed by atoms with Crippen LogP contribution in [0.5, 0.6) is 11.5 Å². The second-order valence-electron chi connectivity index (χ2n) is 9.85. The van der Waals surface area contributed by atoms with Gasteiger partial charge in [0.1, 0.15) is 34.8 Å². The summed E-state index contributed by atoms with van der Waals surface area (Å²) in [5.41, 5.74) is 6.15. The Morgan fingerprint density at radius 3 is 2.65 bits per heavy atom. The van der Waals surface area contributed by atoms with Crippen LogP contribution < -0.4 is 14.8 Å². The lowest BCUT2D eigenvalue weighted by Gasteiger charge is -2.23. The molecule has 0 unspecified atom stereocenters. The zero-order valence-corrected chi connectivity index (χ0v) is 21.7. The number of halogens is 1. The average molecular weight is 536 g/mol. The Morgan fingerprint density at radius 1 is 0.900 bits per heavy atom. The van der Waals surface area contributed by atoms with Crippen LogP contribution in [0.3, 0.4) is 0 Å². The van der Waals surface area contributed by atoms with Gasteiger partial charge in [-0.2, -0.15) is 5.10 Å². The SMILES string of the molecule is COc1cc(F)cc(-c2ccnc3[nH]c(-c4n[nH]c5cnc(-c6cncc(OC7CCNCC7)c6)cc45)cc23)c1. The molecule has 1 aromatic carbocycles. The van der Waals surface area contributed by atoms with Crippen molar-refractivity contribution < 1.29 is 13.9 Å². The number of nitrogens with zero attached hydrogens (tertiary/aromatic N) is 4. The summed E-state index contributed by atoms with van der Waals surface area (Å²) in [5, 5.41) is 12.8. The van der Waals surface area contributed by atoms with E-state index in [1.165, 1.54) is 19.2 Å². The molecular weight excluding hydrogens is 509 g/mol. The molecule has 1 aliphatic rings. The number of nitrogens with one attached hydrogen (secondary N) is 3. The van der Waals surface area contributed by atoms with E-state index in [0.717, 1.165) is 76.2 Å². The molecule has 1 aliphatic heterocycles. The summed E-state index contributed by atoms with van der Waals surface area (Å²) in [7, 11) is 1.52. The number of rotatable bonds is 6. The second kappa shape index (κ2) is 10.0. The minimum Gasteiger partial charge on any atom is -0.497 e. The molecule has 0 saturated carbocycles. The molecule has 0 atom stereocenters. The van der Waals surface area contributed by atoms with Crippen LogP contribution in [-0.2, 0) is 0 Å². The van der Waals surface area contributed by atoms with Crippen LogP contribution in [0.15, 0.2) is 67.3 Å². The molecule has 5 aromatic heterocycles. The van der Waals surface area contributed by atoms with Gasteiger partial charge in [-0.1, -0.05) is 0 Å². The first-order chi connectivity index (χ1) is 19.6. The summed E-state index contributed by atoms with van der Waals surface area (Å²) in [5.74, 6) is 0.823. The van der Waals surface area contributed by atoms with Gasteiger partial charge in [-0.15, -0.1) is 0 Å². The topological polar surface area (TPSA) is 114 Å². The smallest absolute Gasteiger partial charge is 0.138 e. The molecule has 6 heterocycles. The van der Waals surface area contributed by atoms with Crippen molar-refractivity contribution in [2.75, 3.05) is 20.2 Å². The Morgan fingerprint density at radius 2 is 1.77 bits per heavy atom. The van der Waals surface area contributed by atoms with Crippen molar-refractivity contribution in [1.82, 2.24) is 35.5 Å². The van der Waals surface area contributed by atoms with Gasteiger partial charge in [0, 0.05) is 34.8 Å². The standard InChI is InChI=1S/C30H26FN7O2/c1-39-21-9-17(8-19(31)11-21)23-4-7-34-30-24(23)12-27(36-30)29-25-13-26(35-16-28(25)37-38-29)18-10-22(15-33-14-18)40-20-2-5-32-6-3-20/h4,7-16,20,32H,2-3,5-6H2,1H3,(H,34,36)(H,37,38). The number of benzene rings is 1. The molecule has 0 bridgehead atoms. The Kier molecular flexibility index (Phi) is 6.09. The lowest BCUT2D eigenvalue weighted by Crippen LogP contribution is -2.34. The molecule has 6 aromatic rings. The number of H-pyrrole nitrogens is 2. The van der Waals surface area contributed by atoms with E-state index in [9.17, 15) is 4.39 Å². The van der Waals surface area contributed by atoms with Crippen molar-refractivity contribution in [2.24, 2.45) is 0 Å². The number of hydrogen-bond acceptors (Lipinski definition) is 7. The summed E-state index contributed by atoms with van der Waals surface area (Å²) in [6.45, 7) is 1.92. The monoisotopic (exact) mass is 535 g/mol. The van der Waals surface area contributed by atoms with Crippen LogP contribution in [-0.4, -0.2) is 56.4 Å². The van der Waals surface area contributed by atoms with Gasteiger partial charge in [-0.05, 0) is 73.5 Å². The molecular formula is C30H26FN7O2. The molecule has 1 saturated heterocycles. The third kappa shape index (κ3) is 4.52. The summed E-state index contributed by atoms with van der Waals surface area (Å²) >= 11 is 0. The maximum atomic E-state index is 14.3. The minimum absolute atomic E-state index is 0.184. The highest BCUT2D eigenvalue weighted by Gasteiger charge is 2.18. The number of ether oxygens (including phenoxy) is 2. The predicted octanol–water partition coefficient (Wildman–Crippen LogP) is 5.51. The first kappa shape index (κ1) is 24.2. The van der Waals surface area contributed by atoms with Gasteiger partial charge in [0.25, 0.3) is 0 Å². The van der Waals surface area contributed by atoms with Crippen molar-refractivity contribution in [2.45, 2.75) is 18.9 Å². The lowest BCUT2D eigenvalue weighted by atomic mass is 10.0. The van der Waals surface area contributed by atoms with Crippen molar-refractivity contribution in [3.63, 3.8) is 0 Å². The van der Waals surface area contributed by atoms with E-state index in [1.54, 1.807) is 24.8 Å². The van der Waals surface area contributed by atoms with Gasteiger partial charge >= 0.3 is 0 Å². The normalized spacial score (nSPS) is 14.2. The van der Waals surface area contributed by atoms with Crippen molar-refractivity contribution in [3.8, 4) is 45.3 Å². The Labute approximate surface area is 228 Å². The summed E-state index contributed by atoms with van der Waals surface area (Å²) in [4.78, 5) is 16.9. The van der Waals surface area contributed by atoms with E-state index in [1.807, 2.05) is 30.3 Å². The molecule has 0 radical (unpaired) electrons. The fourth-order valence-corrected chi connectivity index (χ4v) is 5.25. The van der Waals surface area contributed by atoms with E-state index in [4.69, 9.17) is 9.47 Å². The molecule has 9 nitrogen and oxygen atoms in total. The summed E-state index contributed by atoms with van der Waals surface area (Å²) < 4.78 is 25.8. The average Bonchev–Trinajstić information content (AvgIpc) is 3.61. The molecule has 3 N–H and O–H groups in total. The van der Waals surface area contributed by atoms with Crippen molar-refractivity contribution >= 4 is 21.9 Å². The van der Waals surface area contributed by atoms with Gasteiger partial charge < -0.3 is 19.8 Å². The Hall–Kier alpha value is -4.83. The van der Waals surface area contributed by atoms with Gasteiger partial charge in [-0.25, -0.2) is 9.37 Å². The number of aromatic amines is 2. The highest BCUT2D eigenvalue weighted by Crippen LogP contribution is 2.35. The molecule has 40 heavy (non-hydrogen) atoms. The molecule has 7 rings (SSSR count). The van der Waals surface area contributed by atoms with E-state index in [-0.39, 0.29) is 11.9 Å². The van der Waals surface area contributed by atoms with Gasteiger partial charge in [0.15, 0.2) is 0 Å². The molecule has 1 fully saturated rings. The summed E-state index contributed by atoms with van der Waals surface area (Å²) in [6.07, 6.45) is 9.13. The number of methoxy groups -OCH3 is 1. The van der Waals surface area contributed by atoms with Crippen molar-refractivity contribution in [3.05, 3.63) is 73.1 Å². The van der Waals surface area contributed by atoms with E-state index < -0.39 is 0 Å². The summed E-state index contributed by atoms with van der Waals surface area (Å²) in [6, 6.07) is 12.5.